The molecule has 1 atom stereocenters. The first kappa shape index (κ1) is 14.3. The normalized spacial score (nSPS) is 22.0. The lowest BCUT2D eigenvalue weighted by atomic mass is 9.73. The molecular weight excluding hydrogens is 263 g/mol. The lowest BCUT2D eigenvalue weighted by Crippen LogP contribution is -2.25. The standard InChI is InChI=1S/C18H23FN2/c1-3-4-6-18(7-9-20-12-18)13(2)15-10-14-5-8-21-17(14)16(19)11-15/h5,8,10-11,20-21H,2-4,6-7,9,12H2,1H3/t18-/m0/s1. The SMILES string of the molecule is C=C(c1cc(F)c2[nH]ccc2c1)[C@@]1(CCCC)CCNC1. The second-order valence-electron chi connectivity index (χ2n) is 6.19. The van der Waals surface area contributed by atoms with Crippen LogP contribution in [-0.2, 0) is 0 Å². The van der Waals surface area contributed by atoms with Gasteiger partial charge in [0.25, 0.3) is 0 Å². The molecule has 2 N–H and O–H groups in total. The molecule has 3 rings (SSSR count). The molecule has 2 aromatic rings. The van der Waals surface area contributed by atoms with Gasteiger partial charge in [-0.3, -0.25) is 0 Å². The van der Waals surface area contributed by atoms with Crippen LogP contribution in [0.15, 0.2) is 31.0 Å². The van der Waals surface area contributed by atoms with Crippen molar-refractivity contribution >= 4 is 16.5 Å². The molecule has 0 spiro atoms. The number of benzene rings is 1. The summed E-state index contributed by atoms with van der Waals surface area (Å²) in [6.07, 6.45) is 6.38. The van der Waals surface area contributed by atoms with Crippen molar-refractivity contribution in [2.45, 2.75) is 32.6 Å². The van der Waals surface area contributed by atoms with E-state index in [9.17, 15) is 4.39 Å². The first-order chi connectivity index (χ1) is 10.2. The largest absolute Gasteiger partial charge is 0.359 e. The third kappa shape index (κ3) is 2.51. The van der Waals surface area contributed by atoms with E-state index < -0.39 is 0 Å². The summed E-state index contributed by atoms with van der Waals surface area (Å²) in [5.41, 5.74) is 2.70. The maximum atomic E-state index is 14.2. The van der Waals surface area contributed by atoms with E-state index in [0.717, 1.165) is 42.5 Å². The van der Waals surface area contributed by atoms with Crippen LogP contribution in [0.2, 0.25) is 0 Å². The molecule has 0 radical (unpaired) electrons. The van der Waals surface area contributed by atoms with Crippen molar-refractivity contribution in [2.75, 3.05) is 13.1 Å². The number of halogens is 1. The predicted molar refractivity (Wildman–Crippen MR) is 86.7 cm³/mol. The number of hydrogen-bond acceptors (Lipinski definition) is 1. The Morgan fingerprint density at radius 3 is 3.00 bits per heavy atom. The van der Waals surface area contributed by atoms with Crippen molar-refractivity contribution in [1.29, 1.82) is 0 Å². The first-order valence-corrected chi connectivity index (χ1v) is 7.83. The van der Waals surface area contributed by atoms with Crippen molar-refractivity contribution in [3.05, 3.63) is 42.4 Å². The number of aromatic nitrogens is 1. The van der Waals surface area contributed by atoms with Gasteiger partial charge in [-0.1, -0.05) is 26.3 Å². The Bertz CT molecular complexity index is 650. The van der Waals surface area contributed by atoms with Gasteiger partial charge in [0, 0.05) is 23.5 Å². The maximum absolute atomic E-state index is 14.2. The lowest BCUT2D eigenvalue weighted by Gasteiger charge is -2.31. The van der Waals surface area contributed by atoms with Crippen LogP contribution in [0.25, 0.3) is 16.5 Å². The first-order valence-electron chi connectivity index (χ1n) is 7.83. The van der Waals surface area contributed by atoms with Gasteiger partial charge in [-0.2, -0.15) is 0 Å². The minimum atomic E-state index is -0.190. The van der Waals surface area contributed by atoms with Crippen LogP contribution in [0.4, 0.5) is 4.39 Å². The van der Waals surface area contributed by atoms with E-state index in [1.807, 2.05) is 6.07 Å². The molecule has 21 heavy (non-hydrogen) atoms. The highest BCUT2D eigenvalue weighted by atomic mass is 19.1. The smallest absolute Gasteiger partial charge is 0.147 e. The summed E-state index contributed by atoms with van der Waals surface area (Å²) in [6.45, 7) is 8.54. The molecule has 0 unspecified atom stereocenters. The molecule has 1 aromatic heterocycles. The summed E-state index contributed by atoms with van der Waals surface area (Å²) in [6, 6.07) is 5.61. The zero-order valence-corrected chi connectivity index (χ0v) is 12.6. The lowest BCUT2D eigenvalue weighted by molar-refractivity contribution is 0.393. The fraction of sp³-hybridized carbons (Fsp3) is 0.444. The minimum absolute atomic E-state index is 0.0897. The van der Waals surface area contributed by atoms with Crippen LogP contribution in [0.1, 0.15) is 38.2 Å². The molecule has 1 aromatic carbocycles. The molecular formula is C18H23FN2. The Morgan fingerprint density at radius 2 is 2.29 bits per heavy atom. The molecule has 1 aliphatic rings. The van der Waals surface area contributed by atoms with Gasteiger partial charge < -0.3 is 10.3 Å². The van der Waals surface area contributed by atoms with E-state index in [-0.39, 0.29) is 11.2 Å². The van der Waals surface area contributed by atoms with Crippen molar-refractivity contribution in [3.8, 4) is 0 Å². The van der Waals surface area contributed by atoms with E-state index in [0.29, 0.717) is 5.52 Å². The summed E-state index contributed by atoms with van der Waals surface area (Å²) in [7, 11) is 0. The van der Waals surface area contributed by atoms with Crippen molar-refractivity contribution in [2.24, 2.45) is 5.41 Å². The van der Waals surface area contributed by atoms with Crippen LogP contribution < -0.4 is 5.32 Å². The highest BCUT2D eigenvalue weighted by Crippen LogP contribution is 2.44. The Morgan fingerprint density at radius 1 is 1.43 bits per heavy atom. The average molecular weight is 286 g/mol. The third-order valence-electron chi connectivity index (χ3n) is 4.85. The number of rotatable bonds is 5. The van der Waals surface area contributed by atoms with Crippen LogP contribution >= 0.6 is 0 Å². The monoisotopic (exact) mass is 286 g/mol. The van der Waals surface area contributed by atoms with E-state index in [1.165, 1.54) is 12.8 Å². The zero-order chi connectivity index (χ0) is 14.9. The number of unbranched alkanes of at least 4 members (excludes halogenated alkanes) is 1. The third-order valence-corrected chi connectivity index (χ3v) is 4.85. The average Bonchev–Trinajstić information content (AvgIpc) is 3.14. The maximum Gasteiger partial charge on any atom is 0.147 e. The molecule has 1 fully saturated rings. The Hall–Kier alpha value is -1.61. The van der Waals surface area contributed by atoms with Gasteiger partial charge in [0.2, 0.25) is 0 Å². The minimum Gasteiger partial charge on any atom is -0.359 e. The zero-order valence-electron chi connectivity index (χ0n) is 12.6. The molecule has 2 heterocycles. The molecule has 0 aliphatic carbocycles. The summed E-state index contributed by atoms with van der Waals surface area (Å²) in [5.74, 6) is -0.190. The molecule has 0 saturated carbocycles. The van der Waals surface area contributed by atoms with Gasteiger partial charge in [0.05, 0.1) is 5.52 Å². The Balaban J connectivity index is 1.97. The number of H-pyrrole nitrogens is 1. The Labute approximate surface area is 125 Å². The fourth-order valence-corrected chi connectivity index (χ4v) is 3.49. The number of aromatic amines is 1. The van der Waals surface area contributed by atoms with Crippen LogP contribution in [0.3, 0.4) is 0 Å². The molecule has 0 amide bonds. The van der Waals surface area contributed by atoms with Crippen molar-refractivity contribution in [3.63, 3.8) is 0 Å². The quantitative estimate of drug-likeness (QED) is 0.832. The highest BCUT2D eigenvalue weighted by Gasteiger charge is 2.36. The molecule has 1 saturated heterocycles. The summed E-state index contributed by atoms with van der Waals surface area (Å²) in [4.78, 5) is 2.95. The topological polar surface area (TPSA) is 27.8 Å². The highest BCUT2D eigenvalue weighted by molar-refractivity contribution is 5.85. The van der Waals surface area contributed by atoms with E-state index in [1.54, 1.807) is 12.3 Å². The van der Waals surface area contributed by atoms with Gasteiger partial charge in [-0.05, 0) is 48.7 Å². The molecule has 2 nitrogen and oxygen atoms in total. The van der Waals surface area contributed by atoms with E-state index in [4.69, 9.17) is 0 Å². The van der Waals surface area contributed by atoms with Crippen LogP contribution in [0, 0.1) is 11.2 Å². The molecule has 0 bridgehead atoms. The summed E-state index contributed by atoms with van der Waals surface area (Å²) < 4.78 is 14.2. The van der Waals surface area contributed by atoms with Gasteiger partial charge in [0.1, 0.15) is 5.82 Å². The van der Waals surface area contributed by atoms with Crippen molar-refractivity contribution in [1.82, 2.24) is 10.3 Å². The van der Waals surface area contributed by atoms with Gasteiger partial charge in [0.15, 0.2) is 0 Å². The van der Waals surface area contributed by atoms with Gasteiger partial charge in [-0.25, -0.2) is 4.39 Å². The second kappa shape index (κ2) is 5.64. The van der Waals surface area contributed by atoms with E-state index >= 15 is 0 Å². The van der Waals surface area contributed by atoms with E-state index in [2.05, 4.69) is 29.9 Å². The van der Waals surface area contributed by atoms with Gasteiger partial charge in [-0.15, -0.1) is 0 Å². The predicted octanol–water partition coefficient (Wildman–Crippen LogP) is 4.49. The number of nitrogens with one attached hydrogen (secondary N) is 2. The Kier molecular flexibility index (Phi) is 3.85. The molecule has 1 aliphatic heterocycles. The fourth-order valence-electron chi connectivity index (χ4n) is 3.49. The summed E-state index contributed by atoms with van der Waals surface area (Å²) in [5, 5.41) is 4.38. The molecule has 112 valence electrons. The number of fused-ring (bicyclic) bond motifs is 1. The summed E-state index contributed by atoms with van der Waals surface area (Å²) >= 11 is 0. The van der Waals surface area contributed by atoms with Crippen molar-refractivity contribution < 1.29 is 4.39 Å². The second-order valence-corrected chi connectivity index (χ2v) is 6.19. The van der Waals surface area contributed by atoms with Gasteiger partial charge >= 0.3 is 0 Å². The number of hydrogen-bond donors (Lipinski definition) is 2. The molecule has 3 heteroatoms. The van der Waals surface area contributed by atoms with Crippen LogP contribution in [0.5, 0.6) is 0 Å². The van der Waals surface area contributed by atoms with Crippen LogP contribution in [-0.4, -0.2) is 18.1 Å².